The standard InChI is InChI=1S/C16H15F3O3S/c1-11(12-3-5-13(6-4-12)16(17,18)19)22-14-7-9-15(10-8-14)23(2,20)21/h3-11H,1-2H3. The van der Waals surface area contributed by atoms with E-state index in [0.717, 1.165) is 18.4 Å². The van der Waals surface area contributed by atoms with Gasteiger partial charge in [-0.05, 0) is 48.9 Å². The van der Waals surface area contributed by atoms with E-state index in [2.05, 4.69) is 0 Å². The number of hydrogen-bond donors (Lipinski definition) is 0. The molecule has 0 amide bonds. The number of alkyl halides is 3. The van der Waals surface area contributed by atoms with Crippen LogP contribution < -0.4 is 4.74 Å². The summed E-state index contributed by atoms with van der Waals surface area (Å²) in [6, 6.07) is 10.6. The second kappa shape index (κ2) is 6.23. The predicted octanol–water partition coefficient (Wildman–Crippen LogP) is 4.25. The minimum atomic E-state index is -4.37. The van der Waals surface area contributed by atoms with Crippen LogP contribution >= 0.6 is 0 Å². The van der Waals surface area contributed by atoms with Gasteiger partial charge in [0.2, 0.25) is 0 Å². The summed E-state index contributed by atoms with van der Waals surface area (Å²) in [7, 11) is -3.28. The number of ether oxygens (including phenoxy) is 1. The summed E-state index contributed by atoms with van der Waals surface area (Å²) in [4.78, 5) is 0.173. The van der Waals surface area contributed by atoms with Crippen LogP contribution in [0.5, 0.6) is 5.75 Å². The van der Waals surface area contributed by atoms with E-state index >= 15 is 0 Å². The Morgan fingerprint density at radius 2 is 1.48 bits per heavy atom. The smallest absolute Gasteiger partial charge is 0.416 e. The molecule has 0 saturated carbocycles. The van der Waals surface area contributed by atoms with Crippen molar-refractivity contribution in [3.05, 3.63) is 59.7 Å². The molecule has 1 atom stereocenters. The molecule has 0 aromatic heterocycles. The summed E-state index contributed by atoms with van der Waals surface area (Å²) in [6.07, 6.45) is -3.74. The van der Waals surface area contributed by atoms with Gasteiger partial charge in [0, 0.05) is 6.26 Å². The molecule has 0 bridgehead atoms. The molecule has 124 valence electrons. The molecule has 7 heteroatoms. The second-order valence-corrected chi connectivity index (χ2v) is 7.14. The third-order valence-corrected chi connectivity index (χ3v) is 4.40. The van der Waals surface area contributed by atoms with Crippen molar-refractivity contribution in [3.63, 3.8) is 0 Å². The van der Waals surface area contributed by atoms with Crippen LogP contribution in [0.25, 0.3) is 0 Å². The van der Waals surface area contributed by atoms with Crippen LogP contribution in [0.4, 0.5) is 13.2 Å². The molecule has 23 heavy (non-hydrogen) atoms. The first-order valence-corrected chi connectivity index (χ1v) is 8.60. The van der Waals surface area contributed by atoms with Crippen molar-refractivity contribution in [3.8, 4) is 5.75 Å². The lowest BCUT2D eigenvalue weighted by Gasteiger charge is -2.16. The molecule has 2 aromatic carbocycles. The van der Waals surface area contributed by atoms with Crippen LogP contribution in [0.1, 0.15) is 24.2 Å². The van der Waals surface area contributed by atoms with E-state index in [0.29, 0.717) is 11.3 Å². The molecule has 0 N–H and O–H groups in total. The molecule has 1 unspecified atom stereocenters. The van der Waals surface area contributed by atoms with Crippen molar-refractivity contribution in [2.75, 3.05) is 6.26 Å². The molecular formula is C16H15F3O3S. The summed E-state index contributed by atoms with van der Waals surface area (Å²) < 4.78 is 65.9. The van der Waals surface area contributed by atoms with Crippen LogP contribution in [0, 0.1) is 0 Å². The number of halogens is 3. The number of hydrogen-bond acceptors (Lipinski definition) is 3. The molecule has 0 heterocycles. The highest BCUT2D eigenvalue weighted by molar-refractivity contribution is 7.90. The lowest BCUT2D eigenvalue weighted by atomic mass is 10.1. The average Bonchev–Trinajstić information content (AvgIpc) is 2.46. The van der Waals surface area contributed by atoms with Crippen LogP contribution in [0.15, 0.2) is 53.4 Å². The Labute approximate surface area is 132 Å². The highest BCUT2D eigenvalue weighted by Gasteiger charge is 2.30. The van der Waals surface area contributed by atoms with Crippen molar-refractivity contribution >= 4 is 9.84 Å². The minimum Gasteiger partial charge on any atom is -0.486 e. The molecule has 0 aliphatic carbocycles. The summed E-state index contributed by atoms with van der Waals surface area (Å²) in [5, 5.41) is 0. The van der Waals surface area contributed by atoms with Crippen LogP contribution in [0.2, 0.25) is 0 Å². The zero-order chi connectivity index (χ0) is 17.3. The maximum absolute atomic E-state index is 12.5. The second-order valence-electron chi connectivity index (χ2n) is 5.12. The molecule has 0 aliphatic rings. The Bertz CT molecular complexity index is 764. The predicted molar refractivity (Wildman–Crippen MR) is 80.0 cm³/mol. The molecule has 0 spiro atoms. The maximum atomic E-state index is 12.5. The summed E-state index contributed by atoms with van der Waals surface area (Å²) >= 11 is 0. The van der Waals surface area contributed by atoms with Gasteiger partial charge in [0.05, 0.1) is 10.5 Å². The fourth-order valence-electron chi connectivity index (χ4n) is 1.98. The Hall–Kier alpha value is -2.02. The van der Waals surface area contributed by atoms with Gasteiger partial charge in [-0.2, -0.15) is 13.2 Å². The van der Waals surface area contributed by atoms with Gasteiger partial charge in [-0.1, -0.05) is 12.1 Å². The van der Waals surface area contributed by atoms with Gasteiger partial charge in [-0.3, -0.25) is 0 Å². The van der Waals surface area contributed by atoms with Crippen molar-refractivity contribution in [1.29, 1.82) is 0 Å². The minimum absolute atomic E-state index is 0.173. The van der Waals surface area contributed by atoms with E-state index < -0.39 is 27.7 Å². The monoisotopic (exact) mass is 344 g/mol. The Balaban J connectivity index is 2.11. The Morgan fingerprint density at radius 3 is 1.91 bits per heavy atom. The lowest BCUT2D eigenvalue weighted by Crippen LogP contribution is -2.07. The van der Waals surface area contributed by atoms with Crippen molar-refractivity contribution in [2.24, 2.45) is 0 Å². The summed E-state index contributed by atoms with van der Waals surface area (Å²) in [6.45, 7) is 1.70. The van der Waals surface area contributed by atoms with Gasteiger partial charge in [0.1, 0.15) is 11.9 Å². The first-order valence-electron chi connectivity index (χ1n) is 6.71. The van der Waals surface area contributed by atoms with E-state index in [1.807, 2.05) is 0 Å². The van der Waals surface area contributed by atoms with Gasteiger partial charge in [-0.25, -0.2) is 8.42 Å². The van der Waals surface area contributed by atoms with Gasteiger partial charge in [-0.15, -0.1) is 0 Å². The van der Waals surface area contributed by atoms with Crippen molar-refractivity contribution in [1.82, 2.24) is 0 Å². The Morgan fingerprint density at radius 1 is 0.957 bits per heavy atom. The van der Waals surface area contributed by atoms with E-state index in [-0.39, 0.29) is 4.90 Å². The zero-order valence-electron chi connectivity index (χ0n) is 12.5. The Kier molecular flexibility index (Phi) is 4.70. The van der Waals surface area contributed by atoms with E-state index in [1.54, 1.807) is 6.92 Å². The molecule has 3 nitrogen and oxygen atoms in total. The van der Waals surface area contributed by atoms with Crippen molar-refractivity contribution in [2.45, 2.75) is 24.1 Å². The maximum Gasteiger partial charge on any atom is 0.416 e. The first kappa shape index (κ1) is 17.3. The summed E-state index contributed by atoms with van der Waals surface area (Å²) in [5.41, 5.74) is -0.129. The molecule has 2 rings (SSSR count). The third kappa shape index (κ3) is 4.48. The number of rotatable bonds is 4. The molecule has 0 fully saturated rings. The molecular weight excluding hydrogens is 329 g/mol. The van der Waals surface area contributed by atoms with Crippen LogP contribution in [-0.2, 0) is 16.0 Å². The van der Waals surface area contributed by atoms with Gasteiger partial charge >= 0.3 is 6.18 Å². The first-order chi connectivity index (χ1) is 10.6. The zero-order valence-corrected chi connectivity index (χ0v) is 13.3. The average molecular weight is 344 g/mol. The fraction of sp³-hybridized carbons (Fsp3) is 0.250. The highest BCUT2D eigenvalue weighted by Crippen LogP contribution is 2.30. The van der Waals surface area contributed by atoms with Gasteiger partial charge in [0.25, 0.3) is 0 Å². The van der Waals surface area contributed by atoms with E-state index in [4.69, 9.17) is 4.74 Å². The number of benzene rings is 2. The quantitative estimate of drug-likeness (QED) is 0.833. The molecule has 0 aliphatic heterocycles. The normalized spacial score (nSPS) is 13.6. The summed E-state index contributed by atoms with van der Waals surface area (Å²) in [5.74, 6) is 0.435. The van der Waals surface area contributed by atoms with E-state index in [9.17, 15) is 21.6 Å². The lowest BCUT2D eigenvalue weighted by molar-refractivity contribution is -0.137. The molecule has 0 radical (unpaired) electrons. The van der Waals surface area contributed by atoms with Crippen molar-refractivity contribution < 1.29 is 26.3 Å². The number of sulfone groups is 1. The van der Waals surface area contributed by atoms with Gasteiger partial charge in [0.15, 0.2) is 9.84 Å². The van der Waals surface area contributed by atoms with Crippen LogP contribution in [0.3, 0.4) is 0 Å². The molecule has 0 saturated heterocycles. The molecule has 2 aromatic rings. The topological polar surface area (TPSA) is 43.4 Å². The largest absolute Gasteiger partial charge is 0.486 e. The fourth-order valence-corrected chi connectivity index (χ4v) is 2.61. The third-order valence-electron chi connectivity index (χ3n) is 3.27. The van der Waals surface area contributed by atoms with E-state index in [1.165, 1.54) is 36.4 Å². The highest BCUT2D eigenvalue weighted by atomic mass is 32.2. The van der Waals surface area contributed by atoms with Crippen LogP contribution in [-0.4, -0.2) is 14.7 Å². The SMILES string of the molecule is CC(Oc1ccc(S(C)(=O)=O)cc1)c1ccc(C(F)(F)F)cc1. The van der Waals surface area contributed by atoms with Gasteiger partial charge < -0.3 is 4.74 Å².